The van der Waals surface area contributed by atoms with Crippen molar-refractivity contribution in [2.75, 3.05) is 13.7 Å². The van der Waals surface area contributed by atoms with Crippen molar-refractivity contribution in [2.24, 2.45) is 5.92 Å². The summed E-state index contributed by atoms with van der Waals surface area (Å²) in [5.74, 6) is 0.743. The molecule has 1 aromatic rings. The van der Waals surface area contributed by atoms with Crippen LogP contribution in [0.4, 0.5) is 0 Å². The third kappa shape index (κ3) is 3.15. The quantitative estimate of drug-likeness (QED) is 0.811. The summed E-state index contributed by atoms with van der Waals surface area (Å²) in [6, 6.07) is 5.40. The van der Waals surface area contributed by atoms with E-state index in [1.54, 1.807) is 19.2 Å². The number of rotatable bonds is 4. The van der Waals surface area contributed by atoms with Crippen molar-refractivity contribution in [3.8, 4) is 5.75 Å². The molecular weight excluding hydrogens is 242 g/mol. The van der Waals surface area contributed by atoms with E-state index in [0.29, 0.717) is 11.3 Å². The van der Waals surface area contributed by atoms with E-state index in [0.717, 1.165) is 12.0 Å². The molecule has 0 aromatic heterocycles. The molecule has 0 aliphatic heterocycles. The van der Waals surface area contributed by atoms with Crippen LogP contribution in [0.15, 0.2) is 30.4 Å². The molecule has 1 aliphatic rings. The highest BCUT2D eigenvalue weighted by atomic mass is 16.5. The van der Waals surface area contributed by atoms with Crippen molar-refractivity contribution in [1.82, 2.24) is 5.32 Å². The molecule has 0 heterocycles. The van der Waals surface area contributed by atoms with Gasteiger partial charge in [-0.15, -0.1) is 0 Å². The smallest absolute Gasteiger partial charge is 0.251 e. The summed E-state index contributed by atoms with van der Waals surface area (Å²) in [6.45, 7) is 2.06. The Morgan fingerprint density at radius 2 is 2.26 bits per heavy atom. The summed E-state index contributed by atoms with van der Waals surface area (Å²) in [5.41, 5.74) is 1.59. The fraction of sp³-hybridized carbons (Fsp3) is 0.400. The van der Waals surface area contributed by atoms with Crippen LogP contribution in [-0.2, 0) is 0 Å². The molecule has 2 atom stereocenters. The number of hydrogen-bond donors (Lipinski definition) is 2. The van der Waals surface area contributed by atoms with E-state index in [-0.39, 0.29) is 24.5 Å². The van der Waals surface area contributed by atoms with Crippen LogP contribution in [0.2, 0.25) is 0 Å². The first kappa shape index (κ1) is 13.6. The Balaban J connectivity index is 2.03. The van der Waals surface area contributed by atoms with Crippen LogP contribution in [0.3, 0.4) is 0 Å². The van der Waals surface area contributed by atoms with Crippen LogP contribution in [0, 0.1) is 12.8 Å². The van der Waals surface area contributed by atoms with Crippen molar-refractivity contribution < 1.29 is 14.6 Å². The fourth-order valence-corrected chi connectivity index (χ4v) is 2.23. The molecule has 1 aliphatic carbocycles. The topological polar surface area (TPSA) is 58.6 Å². The first-order valence-corrected chi connectivity index (χ1v) is 6.38. The SMILES string of the molecule is COc1cc(C(=O)N[C@@H]2C=C[C@H](CO)C2)ccc1C. The van der Waals surface area contributed by atoms with E-state index in [9.17, 15) is 4.79 Å². The van der Waals surface area contributed by atoms with Gasteiger partial charge in [0.2, 0.25) is 0 Å². The number of aliphatic hydroxyl groups is 1. The number of hydrogen-bond acceptors (Lipinski definition) is 3. The number of nitrogens with one attached hydrogen (secondary N) is 1. The molecule has 2 N–H and O–H groups in total. The molecule has 0 saturated carbocycles. The van der Waals surface area contributed by atoms with E-state index < -0.39 is 0 Å². The molecule has 0 bridgehead atoms. The van der Waals surface area contributed by atoms with E-state index in [2.05, 4.69) is 5.32 Å². The van der Waals surface area contributed by atoms with Gasteiger partial charge < -0.3 is 15.2 Å². The molecule has 0 fully saturated rings. The van der Waals surface area contributed by atoms with Gasteiger partial charge in [0, 0.05) is 24.1 Å². The third-order valence-electron chi connectivity index (χ3n) is 3.39. The van der Waals surface area contributed by atoms with Crippen molar-refractivity contribution in [1.29, 1.82) is 0 Å². The van der Waals surface area contributed by atoms with Crippen LogP contribution < -0.4 is 10.1 Å². The lowest BCUT2D eigenvalue weighted by Crippen LogP contribution is -2.32. The Morgan fingerprint density at radius 3 is 2.89 bits per heavy atom. The summed E-state index contributed by atoms with van der Waals surface area (Å²) in [4.78, 5) is 12.1. The molecule has 0 spiro atoms. The van der Waals surface area contributed by atoms with Gasteiger partial charge in [-0.3, -0.25) is 4.79 Å². The summed E-state index contributed by atoms with van der Waals surface area (Å²) in [7, 11) is 1.59. The van der Waals surface area contributed by atoms with E-state index in [1.165, 1.54) is 0 Å². The highest BCUT2D eigenvalue weighted by Crippen LogP contribution is 2.20. The van der Waals surface area contributed by atoms with Gasteiger partial charge in [0.05, 0.1) is 7.11 Å². The number of carbonyl (C=O) groups is 1. The van der Waals surface area contributed by atoms with Gasteiger partial charge in [0.1, 0.15) is 5.75 Å². The number of methoxy groups -OCH3 is 1. The monoisotopic (exact) mass is 261 g/mol. The van der Waals surface area contributed by atoms with Gasteiger partial charge in [-0.25, -0.2) is 0 Å². The van der Waals surface area contributed by atoms with Crippen molar-refractivity contribution in [3.63, 3.8) is 0 Å². The molecular formula is C15H19NO3. The standard InChI is InChI=1S/C15H19NO3/c1-10-3-5-12(8-14(10)19-2)15(18)16-13-6-4-11(7-13)9-17/h3-6,8,11,13,17H,7,9H2,1-2H3,(H,16,18)/t11-,13+/m0/s1. The van der Waals surface area contributed by atoms with Crippen molar-refractivity contribution in [3.05, 3.63) is 41.5 Å². The number of amides is 1. The third-order valence-corrected chi connectivity index (χ3v) is 3.39. The maximum absolute atomic E-state index is 12.1. The van der Waals surface area contributed by atoms with E-state index in [4.69, 9.17) is 9.84 Å². The number of ether oxygens (including phenoxy) is 1. The average Bonchev–Trinajstić information content (AvgIpc) is 2.86. The van der Waals surface area contributed by atoms with Crippen molar-refractivity contribution >= 4 is 5.91 Å². The molecule has 0 saturated heterocycles. The second kappa shape index (κ2) is 5.89. The van der Waals surface area contributed by atoms with Crippen molar-refractivity contribution in [2.45, 2.75) is 19.4 Å². The lowest BCUT2D eigenvalue weighted by Gasteiger charge is -2.13. The maximum atomic E-state index is 12.1. The van der Waals surface area contributed by atoms with Gasteiger partial charge in [0.25, 0.3) is 5.91 Å². The molecule has 2 rings (SSSR count). The highest BCUT2D eigenvalue weighted by molar-refractivity contribution is 5.95. The van der Waals surface area contributed by atoms with Gasteiger partial charge >= 0.3 is 0 Å². The van der Waals surface area contributed by atoms with Crippen LogP contribution in [0.5, 0.6) is 5.75 Å². The molecule has 1 aromatic carbocycles. The van der Waals surface area contributed by atoms with Crippen LogP contribution >= 0.6 is 0 Å². The normalized spacial score (nSPS) is 21.4. The zero-order chi connectivity index (χ0) is 13.8. The Morgan fingerprint density at radius 1 is 1.47 bits per heavy atom. The van der Waals surface area contributed by atoms with E-state index >= 15 is 0 Å². The second-order valence-electron chi connectivity index (χ2n) is 4.83. The first-order chi connectivity index (χ1) is 9.13. The molecule has 4 nitrogen and oxygen atoms in total. The van der Waals surface area contributed by atoms with Gasteiger partial charge in [-0.05, 0) is 31.0 Å². The predicted octanol–water partition coefficient (Wildman–Crippen LogP) is 1.67. The summed E-state index contributed by atoms with van der Waals surface area (Å²) in [5, 5.41) is 12.0. The average molecular weight is 261 g/mol. The minimum Gasteiger partial charge on any atom is -0.496 e. The van der Waals surface area contributed by atoms with Gasteiger partial charge in [-0.1, -0.05) is 18.2 Å². The predicted molar refractivity (Wildman–Crippen MR) is 73.3 cm³/mol. The van der Waals surface area contributed by atoms with Crippen LogP contribution in [-0.4, -0.2) is 30.8 Å². The first-order valence-electron chi connectivity index (χ1n) is 6.38. The molecule has 0 unspecified atom stereocenters. The molecule has 102 valence electrons. The minimum atomic E-state index is -0.119. The second-order valence-corrected chi connectivity index (χ2v) is 4.83. The van der Waals surface area contributed by atoms with E-state index in [1.807, 2.05) is 25.1 Å². The number of aliphatic hydroxyl groups excluding tert-OH is 1. The number of aryl methyl sites for hydroxylation is 1. The largest absolute Gasteiger partial charge is 0.496 e. The Labute approximate surface area is 113 Å². The molecule has 4 heteroatoms. The molecule has 1 amide bonds. The summed E-state index contributed by atoms with van der Waals surface area (Å²) >= 11 is 0. The van der Waals surface area contributed by atoms with Crippen LogP contribution in [0.25, 0.3) is 0 Å². The van der Waals surface area contributed by atoms with Gasteiger partial charge in [-0.2, -0.15) is 0 Å². The highest BCUT2D eigenvalue weighted by Gasteiger charge is 2.20. The zero-order valence-corrected chi connectivity index (χ0v) is 11.2. The minimum absolute atomic E-state index is 0.00283. The van der Waals surface area contributed by atoms with Gasteiger partial charge in [0.15, 0.2) is 0 Å². The Kier molecular flexibility index (Phi) is 4.22. The Hall–Kier alpha value is -1.81. The number of carbonyl (C=O) groups excluding carboxylic acids is 1. The molecule has 0 radical (unpaired) electrons. The maximum Gasteiger partial charge on any atom is 0.251 e. The fourth-order valence-electron chi connectivity index (χ4n) is 2.23. The summed E-state index contributed by atoms with van der Waals surface area (Å²) < 4.78 is 5.21. The zero-order valence-electron chi connectivity index (χ0n) is 11.2. The number of benzene rings is 1. The van der Waals surface area contributed by atoms with Crippen LogP contribution in [0.1, 0.15) is 22.3 Å². The summed E-state index contributed by atoms with van der Waals surface area (Å²) in [6.07, 6.45) is 4.64. The Bertz CT molecular complexity index is 496. The lowest BCUT2D eigenvalue weighted by molar-refractivity contribution is 0.0940. The molecule has 19 heavy (non-hydrogen) atoms. The lowest BCUT2D eigenvalue weighted by atomic mass is 10.1.